The summed E-state index contributed by atoms with van der Waals surface area (Å²) >= 11 is 0. The van der Waals surface area contributed by atoms with E-state index in [-0.39, 0.29) is 44.2 Å². The standard InChI is InChI=1S/C22H24N2O4S/c1-2-16(24-11-5-6-12-24)14-23-22(26)15-9-10-18-20(13-15)29(27,28)19-8-4-3-7-17(19)21(18)25/h3-4,7-10,13,16H,2,5-6,11-12,14H2,1H3,(H,23,26). The number of sulfone groups is 1. The van der Waals surface area contributed by atoms with E-state index in [4.69, 9.17) is 0 Å². The lowest BCUT2D eigenvalue weighted by Gasteiger charge is -2.26. The average molecular weight is 413 g/mol. The molecule has 0 aliphatic carbocycles. The number of fused-ring (bicyclic) bond motifs is 2. The van der Waals surface area contributed by atoms with Crippen LogP contribution >= 0.6 is 0 Å². The van der Waals surface area contributed by atoms with Crippen molar-refractivity contribution in [3.63, 3.8) is 0 Å². The van der Waals surface area contributed by atoms with Crippen LogP contribution < -0.4 is 5.32 Å². The fraction of sp³-hybridized carbons (Fsp3) is 0.364. The number of carbonyl (C=O) groups is 2. The van der Waals surface area contributed by atoms with Gasteiger partial charge in [-0.1, -0.05) is 19.1 Å². The van der Waals surface area contributed by atoms with Crippen LogP contribution in [0.1, 0.15) is 52.5 Å². The molecule has 2 aliphatic heterocycles. The van der Waals surface area contributed by atoms with E-state index in [0.717, 1.165) is 19.5 Å². The lowest BCUT2D eigenvalue weighted by Crippen LogP contribution is -2.42. The zero-order chi connectivity index (χ0) is 20.6. The summed E-state index contributed by atoms with van der Waals surface area (Å²) < 4.78 is 26.0. The lowest BCUT2D eigenvalue weighted by molar-refractivity contribution is 0.0935. The molecule has 1 N–H and O–H groups in total. The van der Waals surface area contributed by atoms with Crippen LogP contribution in [-0.4, -0.2) is 50.7 Å². The Morgan fingerprint density at radius 3 is 2.48 bits per heavy atom. The molecule has 0 spiro atoms. The van der Waals surface area contributed by atoms with Gasteiger partial charge in [0.1, 0.15) is 0 Å². The molecule has 1 amide bonds. The van der Waals surface area contributed by atoms with Crippen LogP contribution in [0.5, 0.6) is 0 Å². The Kier molecular flexibility index (Phi) is 5.27. The number of amides is 1. The first-order valence-electron chi connectivity index (χ1n) is 9.98. The maximum Gasteiger partial charge on any atom is 0.251 e. The number of benzene rings is 2. The summed E-state index contributed by atoms with van der Waals surface area (Å²) in [7, 11) is -3.85. The van der Waals surface area contributed by atoms with E-state index in [0.29, 0.717) is 6.54 Å². The molecular formula is C22H24N2O4S. The molecule has 0 aromatic heterocycles. The summed E-state index contributed by atoms with van der Waals surface area (Å²) in [6, 6.07) is 10.7. The third kappa shape index (κ3) is 3.49. The van der Waals surface area contributed by atoms with Crippen molar-refractivity contribution in [1.82, 2.24) is 10.2 Å². The largest absolute Gasteiger partial charge is 0.350 e. The molecule has 4 rings (SSSR count). The monoisotopic (exact) mass is 412 g/mol. The highest BCUT2D eigenvalue weighted by atomic mass is 32.2. The Hall–Kier alpha value is -2.51. The van der Waals surface area contributed by atoms with Gasteiger partial charge in [0.05, 0.1) is 9.79 Å². The van der Waals surface area contributed by atoms with E-state index in [2.05, 4.69) is 17.1 Å². The molecule has 0 bridgehead atoms. The number of hydrogen-bond acceptors (Lipinski definition) is 5. The number of rotatable bonds is 5. The summed E-state index contributed by atoms with van der Waals surface area (Å²) in [4.78, 5) is 27.7. The summed E-state index contributed by atoms with van der Waals surface area (Å²) in [6.45, 7) is 4.71. The quantitative estimate of drug-likeness (QED) is 0.697. The predicted molar refractivity (Wildman–Crippen MR) is 109 cm³/mol. The Morgan fingerprint density at radius 2 is 1.76 bits per heavy atom. The predicted octanol–water partition coefficient (Wildman–Crippen LogP) is 2.67. The van der Waals surface area contributed by atoms with Gasteiger partial charge in [0.25, 0.3) is 5.91 Å². The maximum absolute atomic E-state index is 13.0. The summed E-state index contributed by atoms with van der Waals surface area (Å²) in [5.41, 5.74) is 0.535. The second-order valence-electron chi connectivity index (χ2n) is 7.55. The average Bonchev–Trinajstić information content (AvgIpc) is 3.27. The van der Waals surface area contributed by atoms with Crippen LogP contribution in [0.4, 0.5) is 0 Å². The molecule has 1 saturated heterocycles. The number of ketones is 1. The van der Waals surface area contributed by atoms with Gasteiger partial charge in [-0.2, -0.15) is 0 Å². The van der Waals surface area contributed by atoms with Crippen molar-refractivity contribution in [2.45, 2.75) is 42.0 Å². The fourth-order valence-corrected chi connectivity index (χ4v) is 5.85. The van der Waals surface area contributed by atoms with Crippen molar-refractivity contribution in [3.8, 4) is 0 Å². The summed E-state index contributed by atoms with van der Waals surface area (Å²) in [5.74, 6) is -0.663. The molecule has 2 aromatic carbocycles. The van der Waals surface area contributed by atoms with Crippen molar-refractivity contribution >= 4 is 21.5 Å². The molecule has 2 aliphatic rings. The number of hydrogen-bond donors (Lipinski definition) is 1. The van der Waals surface area contributed by atoms with Crippen molar-refractivity contribution < 1.29 is 18.0 Å². The minimum atomic E-state index is -3.85. The lowest BCUT2D eigenvalue weighted by atomic mass is 10.0. The minimum absolute atomic E-state index is 0.00450. The Morgan fingerprint density at radius 1 is 1.07 bits per heavy atom. The molecule has 29 heavy (non-hydrogen) atoms. The van der Waals surface area contributed by atoms with Gasteiger partial charge in [-0.3, -0.25) is 14.5 Å². The molecule has 7 heteroatoms. The van der Waals surface area contributed by atoms with Gasteiger partial charge in [0, 0.05) is 29.3 Å². The van der Waals surface area contributed by atoms with Crippen LogP contribution in [0.15, 0.2) is 52.3 Å². The molecule has 152 valence electrons. The van der Waals surface area contributed by atoms with E-state index in [1.807, 2.05) is 0 Å². The molecular weight excluding hydrogens is 388 g/mol. The van der Waals surface area contributed by atoms with Crippen LogP contribution in [0.2, 0.25) is 0 Å². The van der Waals surface area contributed by atoms with Crippen molar-refractivity contribution in [2.24, 2.45) is 0 Å². The van der Waals surface area contributed by atoms with Gasteiger partial charge in [0.2, 0.25) is 9.84 Å². The topological polar surface area (TPSA) is 83.5 Å². The third-order valence-electron chi connectivity index (χ3n) is 5.83. The highest BCUT2D eigenvalue weighted by Gasteiger charge is 2.35. The highest BCUT2D eigenvalue weighted by Crippen LogP contribution is 2.34. The van der Waals surface area contributed by atoms with Gasteiger partial charge < -0.3 is 5.32 Å². The number of nitrogens with one attached hydrogen (secondary N) is 1. The minimum Gasteiger partial charge on any atom is -0.350 e. The van der Waals surface area contributed by atoms with Crippen molar-refractivity contribution in [2.75, 3.05) is 19.6 Å². The molecule has 6 nitrogen and oxygen atoms in total. The van der Waals surface area contributed by atoms with Crippen molar-refractivity contribution in [1.29, 1.82) is 0 Å². The zero-order valence-corrected chi connectivity index (χ0v) is 17.2. The molecule has 1 atom stereocenters. The molecule has 1 fully saturated rings. The molecule has 0 saturated carbocycles. The Balaban J connectivity index is 1.59. The fourth-order valence-electron chi connectivity index (χ4n) is 4.18. The van der Waals surface area contributed by atoms with Crippen LogP contribution in [-0.2, 0) is 9.84 Å². The van der Waals surface area contributed by atoms with E-state index in [9.17, 15) is 18.0 Å². The van der Waals surface area contributed by atoms with Crippen LogP contribution in [0, 0.1) is 0 Å². The molecule has 1 unspecified atom stereocenters. The van der Waals surface area contributed by atoms with E-state index < -0.39 is 9.84 Å². The van der Waals surface area contributed by atoms with Gasteiger partial charge in [-0.25, -0.2) is 8.42 Å². The van der Waals surface area contributed by atoms with Gasteiger partial charge >= 0.3 is 0 Å². The first-order chi connectivity index (χ1) is 13.9. The van der Waals surface area contributed by atoms with Gasteiger partial charge in [0.15, 0.2) is 5.78 Å². The van der Waals surface area contributed by atoms with Crippen LogP contribution in [0.3, 0.4) is 0 Å². The normalized spacial score (nSPS) is 18.7. The second kappa shape index (κ2) is 7.72. The Bertz CT molecular complexity index is 1070. The maximum atomic E-state index is 13.0. The van der Waals surface area contributed by atoms with Gasteiger partial charge in [-0.05, 0) is 62.7 Å². The first-order valence-corrected chi connectivity index (χ1v) is 11.5. The van der Waals surface area contributed by atoms with E-state index in [1.54, 1.807) is 12.1 Å². The smallest absolute Gasteiger partial charge is 0.251 e. The third-order valence-corrected chi connectivity index (χ3v) is 7.68. The summed E-state index contributed by atoms with van der Waals surface area (Å²) in [6.07, 6.45) is 3.30. The molecule has 2 aromatic rings. The molecule has 0 radical (unpaired) electrons. The number of carbonyl (C=O) groups excluding carboxylic acids is 2. The van der Waals surface area contributed by atoms with E-state index >= 15 is 0 Å². The summed E-state index contributed by atoms with van der Waals surface area (Å²) in [5, 5.41) is 2.93. The SMILES string of the molecule is CCC(CNC(=O)c1ccc2c(c1)S(=O)(=O)c1ccccc1C2=O)N1CCCC1. The molecule has 2 heterocycles. The van der Waals surface area contributed by atoms with Crippen molar-refractivity contribution in [3.05, 3.63) is 59.2 Å². The van der Waals surface area contributed by atoms with Gasteiger partial charge in [-0.15, -0.1) is 0 Å². The Labute approximate surface area is 170 Å². The van der Waals surface area contributed by atoms with E-state index in [1.165, 1.54) is 43.2 Å². The second-order valence-corrected chi connectivity index (χ2v) is 9.44. The number of likely N-dealkylation sites (tertiary alicyclic amines) is 1. The highest BCUT2D eigenvalue weighted by molar-refractivity contribution is 7.91. The van der Waals surface area contributed by atoms with Crippen LogP contribution in [0.25, 0.3) is 0 Å². The zero-order valence-electron chi connectivity index (χ0n) is 16.3. The first kappa shape index (κ1) is 19.8. The number of nitrogens with zero attached hydrogens (tertiary/aromatic N) is 1.